The summed E-state index contributed by atoms with van der Waals surface area (Å²) in [6, 6.07) is 0.308. The summed E-state index contributed by atoms with van der Waals surface area (Å²) in [4.78, 5) is 10.1. The van der Waals surface area contributed by atoms with E-state index in [-0.39, 0.29) is 36.5 Å². The van der Waals surface area contributed by atoms with Gasteiger partial charge in [-0.1, -0.05) is 13.8 Å². The molecule has 1 unspecified atom stereocenters. The van der Waals surface area contributed by atoms with Crippen LogP contribution in [0.15, 0.2) is 6.33 Å². The Morgan fingerprint density at radius 2 is 2.05 bits per heavy atom. The molecule has 1 aromatic rings. The summed E-state index contributed by atoms with van der Waals surface area (Å²) in [5, 5.41) is 3.33. The molecule has 1 N–H and O–H groups in total. The van der Waals surface area contributed by atoms with E-state index in [1.807, 2.05) is 25.8 Å². The Kier molecular flexibility index (Phi) is 8.32. The molecule has 4 nitrogen and oxygen atoms in total. The third-order valence-corrected chi connectivity index (χ3v) is 3.50. The molecule has 0 aromatic carbocycles. The van der Waals surface area contributed by atoms with Gasteiger partial charge in [0.1, 0.15) is 6.33 Å². The summed E-state index contributed by atoms with van der Waals surface area (Å²) in [6.07, 6.45) is 3.66. The van der Waals surface area contributed by atoms with Crippen LogP contribution >= 0.6 is 24.8 Å². The quantitative estimate of drug-likeness (QED) is 0.928. The van der Waals surface area contributed by atoms with E-state index in [1.165, 1.54) is 6.33 Å². The van der Waals surface area contributed by atoms with Crippen LogP contribution in [0.25, 0.3) is 0 Å². The maximum Gasteiger partial charge on any atom is 0.187 e. The molecule has 20 heavy (non-hydrogen) atoms. The molecule has 1 saturated heterocycles. The SMILES string of the molecule is CC(C)c1ncnc(N(C)C2CCCNC2)c1F.Cl.Cl. The van der Waals surface area contributed by atoms with Crippen molar-refractivity contribution in [2.75, 3.05) is 25.0 Å². The van der Waals surface area contributed by atoms with Crippen LogP contribution in [0, 0.1) is 5.82 Å². The number of anilines is 1. The number of halogens is 3. The maximum atomic E-state index is 14.3. The third-order valence-electron chi connectivity index (χ3n) is 3.50. The number of aromatic nitrogens is 2. The molecule has 1 aliphatic heterocycles. The van der Waals surface area contributed by atoms with Crippen molar-refractivity contribution < 1.29 is 4.39 Å². The zero-order valence-electron chi connectivity index (χ0n) is 12.1. The second kappa shape index (κ2) is 8.60. The fourth-order valence-corrected chi connectivity index (χ4v) is 2.36. The van der Waals surface area contributed by atoms with Crippen molar-refractivity contribution in [2.24, 2.45) is 0 Å². The molecular weight excluding hydrogens is 302 g/mol. The minimum Gasteiger partial charge on any atom is -0.353 e. The van der Waals surface area contributed by atoms with Crippen LogP contribution in [0.3, 0.4) is 0 Å². The van der Waals surface area contributed by atoms with E-state index in [2.05, 4.69) is 15.3 Å². The summed E-state index contributed by atoms with van der Waals surface area (Å²) in [6.45, 7) is 5.82. The predicted molar refractivity (Wildman–Crippen MR) is 84.9 cm³/mol. The maximum absolute atomic E-state index is 14.3. The van der Waals surface area contributed by atoms with E-state index in [0.29, 0.717) is 17.6 Å². The first kappa shape index (κ1) is 19.4. The van der Waals surface area contributed by atoms with E-state index in [1.54, 1.807) is 0 Å². The molecule has 0 saturated carbocycles. The van der Waals surface area contributed by atoms with Crippen molar-refractivity contribution in [1.29, 1.82) is 0 Å². The Balaban J connectivity index is 0.00000180. The normalized spacial score (nSPS) is 18.1. The van der Waals surface area contributed by atoms with Crippen LogP contribution in [0.4, 0.5) is 10.2 Å². The monoisotopic (exact) mass is 324 g/mol. The first-order chi connectivity index (χ1) is 8.61. The fourth-order valence-electron chi connectivity index (χ4n) is 2.36. The molecule has 0 radical (unpaired) electrons. The van der Waals surface area contributed by atoms with Crippen LogP contribution < -0.4 is 10.2 Å². The Bertz CT molecular complexity index is 411. The highest BCUT2D eigenvalue weighted by molar-refractivity contribution is 5.85. The molecule has 2 rings (SSSR count). The van der Waals surface area contributed by atoms with Crippen molar-refractivity contribution in [3.8, 4) is 0 Å². The van der Waals surface area contributed by atoms with Gasteiger partial charge in [-0.3, -0.25) is 0 Å². The second-order valence-electron chi connectivity index (χ2n) is 5.16. The summed E-state index contributed by atoms with van der Waals surface area (Å²) in [7, 11) is 1.91. The van der Waals surface area contributed by atoms with Crippen molar-refractivity contribution in [3.63, 3.8) is 0 Å². The zero-order chi connectivity index (χ0) is 13.1. The minimum absolute atomic E-state index is 0. The summed E-state index contributed by atoms with van der Waals surface area (Å²) < 4.78 is 14.3. The van der Waals surface area contributed by atoms with Gasteiger partial charge in [-0.15, -0.1) is 24.8 Å². The van der Waals surface area contributed by atoms with Gasteiger partial charge < -0.3 is 10.2 Å². The van der Waals surface area contributed by atoms with Gasteiger partial charge in [-0.25, -0.2) is 14.4 Å². The fraction of sp³-hybridized carbons (Fsp3) is 0.692. The van der Waals surface area contributed by atoms with Gasteiger partial charge in [0.15, 0.2) is 11.6 Å². The summed E-state index contributed by atoms with van der Waals surface area (Å²) >= 11 is 0. The van der Waals surface area contributed by atoms with Crippen molar-refractivity contribution >= 4 is 30.6 Å². The smallest absolute Gasteiger partial charge is 0.187 e. The van der Waals surface area contributed by atoms with Crippen LogP contribution in [0.2, 0.25) is 0 Å². The lowest BCUT2D eigenvalue weighted by molar-refractivity contribution is 0.437. The standard InChI is InChI=1S/C13H21FN4.2ClH/c1-9(2)12-11(14)13(17-8-16-12)18(3)10-5-4-6-15-7-10;;/h8-10,15H,4-7H2,1-3H3;2*1H. The topological polar surface area (TPSA) is 41.1 Å². The number of rotatable bonds is 3. The number of piperidine rings is 1. The number of hydrogen-bond donors (Lipinski definition) is 1. The van der Waals surface area contributed by atoms with Crippen molar-refractivity contribution in [1.82, 2.24) is 15.3 Å². The van der Waals surface area contributed by atoms with Crippen LogP contribution in [0.5, 0.6) is 0 Å². The van der Waals surface area contributed by atoms with Gasteiger partial charge in [0.2, 0.25) is 0 Å². The first-order valence-electron chi connectivity index (χ1n) is 6.55. The molecule has 1 aliphatic rings. The molecule has 116 valence electrons. The second-order valence-corrected chi connectivity index (χ2v) is 5.16. The third kappa shape index (κ3) is 4.17. The first-order valence-corrected chi connectivity index (χ1v) is 6.55. The lowest BCUT2D eigenvalue weighted by atomic mass is 10.1. The molecule has 1 aromatic heterocycles. The minimum atomic E-state index is -0.277. The molecular formula is C13H23Cl2FN4. The van der Waals surface area contributed by atoms with Crippen LogP contribution in [-0.4, -0.2) is 36.1 Å². The zero-order valence-corrected chi connectivity index (χ0v) is 13.7. The Morgan fingerprint density at radius 3 is 2.60 bits per heavy atom. The van der Waals surface area contributed by atoms with Gasteiger partial charge in [0, 0.05) is 19.6 Å². The van der Waals surface area contributed by atoms with Crippen LogP contribution in [-0.2, 0) is 0 Å². The van der Waals surface area contributed by atoms with Gasteiger partial charge in [-0.2, -0.15) is 0 Å². The highest BCUT2D eigenvalue weighted by Crippen LogP contribution is 2.24. The van der Waals surface area contributed by atoms with E-state index in [9.17, 15) is 4.39 Å². The van der Waals surface area contributed by atoms with E-state index in [4.69, 9.17) is 0 Å². The number of likely N-dealkylation sites (N-methyl/N-ethyl adjacent to an activating group) is 1. The summed E-state index contributed by atoms with van der Waals surface area (Å²) in [5.74, 6) is 0.215. The largest absolute Gasteiger partial charge is 0.353 e. The molecule has 0 spiro atoms. The van der Waals surface area contributed by atoms with Crippen LogP contribution in [0.1, 0.15) is 38.3 Å². The van der Waals surface area contributed by atoms with Crippen molar-refractivity contribution in [2.45, 2.75) is 38.6 Å². The Hall–Kier alpha value is -0.650. The molecule has 0 amide bonds. The van der Waals surface area contributed by atoms with E-state index >= 15 is 0 Å². The molecule has 1 fully saturated rings. The predicted octanol–water partition coefficient (Wildman–Crippen LogP) is 2.77. The van der Waals surface area contributed by atoms with Gasteiger partial charge in [-0.05, 0) is 25.3 Å². The molecule has 7 heteroatoms. The van der Waals surface area contributed by atoms with Gasteiger partial charge >= 0.3 is 0 Å². The van der Waals surface area contributed by atoms with Crippen molar-refractivity contribution in [3.05, 3.63) is 17.8 Å². The van der Waals surface area contributed by atoms with E-state index < -0.39 is 0 Å². The lowest BCUT2D eigenvalue weighted by Gasteiger charge is -2.32. The van der Waals surface area contributed by atoms with Gasteiger partial charge in [0.05, 0.1) is 5.69 Å². The number of nitrogens with one attached hydrogen (secondary N) is 1. The molecule has 0 bridgehead atoms. The van der Waals surface area contributed by atoms with Gasteiger partial charge in [0.25, 0.3) is 0 Å². The highest BCUT2D eigenvalue weighted by Gasteiger charge is 2.23. The Labute approximate surface area is 132 Å². The molecule has 2 heterocycles. The molecule has 0 aliphatic carbocycles. The lowest BCUT2D eigenvalue weighted by Crippen LogP contribution is -2.45. The number of hydrogen-bond acceptors (Lipinski definition) is 4. The number of nitrogens with zero attached hydrogens (tertiary/aromatic N) is 3. The Morgan fingerprint density at radius 1 is 1.35 bits per heavy atom. The summed E-state index contributed by atoms with van der Waals surface area (Å²) in [5.41, 5.74) is 0.496. The van der Waals surface area contributed by atoms with E-state index in [0.717, 1.165) is 25.9 Å². The molecule has 1 atom stereocenters. The average Bonchev–Trinajstić information content (AvgIpc) is 2.39. The highest BCUT2D eigenvalue weighted by atomic mass is 35.5. The average molecular weight is 325 g/mol.